The molecule has 1 N–H and O–H groups in total. The van der Waals surface area contributed by atoms with Crippen LogP contribution in [0.1, 0.15) is 18.1 Å². The van der Waals surface area contributed by atoms with Crippen molar-refractivity contribution >= 4 is 27.5 Å². The summed E-state index contributed by atoms with van der Waals surface area (Å²) in [5.74, 6) is -2.42. The summed E-state index contributed by atoms with van der Waals surface area (Å²) in [5, 5.41) is 2.74. The first-order chi connectivity index (χ1) is 17.6. The second kappa shape index (κ2) is 12.4. The van der Waals surface area contributed by atoms with Crippen LogP contribution in [0.5, 0.6) is 0 Å². The van der Waals surface area contributed by atoms with Crippen molar-refractivity contribution in [3.63, 3.8) is 0 Å². The molecule has 37 heavy (non-hydrogen) atoms. The van der Waals surface area contributed by atoms with Crippen molar-refractivity contribution in [2.24, 2.45) is 0 Å². The van der Waals surface area contributed by atoms with Gasteiger partial charge in [0.05, 0.1) is 11.9 Å². The maximum Gasteiger partial charge on any atom is 0.244 e. The summed E-state index contributed by atoms with van der Waals surface area (Å²) in [5.41, 5.74) is 1.04. The molecule has 196 valence electrons. The molecular formula is C27H29F2N3O4S. The number of para-hydroxylation sites is 1. The maximum atomic E-state index is 14.6. The Morgan fingerprint density at radius 1 is 0.892 bits per heavy atom. The molecule has 1 unspecified atom stereocenters. The number of sulfonamides is 1. The lowest BCUT2D eigenvalue weighted by atomic mass is 10.0. The van der Waals surface area contributed by atoms with Crippen molar-refractivity contribution in [1.82, 2.24) is 10.2 Å². The Kier molecular flexibility index (Phi) is 9.35. The first-order valence-electron chi connectivity index (χ1n) is 11.7. The highest BCUT2D eigenvalue weighted by Gasteiger charge is 2.33. The van der Waals surface area contributed by atoms with E-state index in [1.807, 2.05) is 18.2 Å². The van der Waals surface area contributed by atoms with Crippen LogP contribution in [-0.2, 0) is 32.6 Å². The third-order valence-electron chi connectivity index (χ3n) is 5.69. The van der Waals surface area contributed by atoms with Gasteiger partial charge in [-0.1, -0.05) is 54.6 Å². The van der Waals surface area contributed by atoms with E-state index in [1.54, 1.807) is 19.1 Å². The Hall–Kier alpha value is -3.79. The molecule has 0 aliphatic rings. The number of nitrogens with zero attached hydrogens (tertiary/aromatic N) is 2. The normalized spacial score (nSPS) is 12.0. The van der Waals surface area contributed by atoms with Gasteiger partial charge < -0.3 is 10.2 Å². The summed E-state index contributed by atoms with van der Waals surface area (Å²) in [7, 11) is -4.07. The van der Waals surface area contributed by atoms with E-state index in [-0.39, 0.29) is 18.7 Å². The third kappa shape index (κ3) is 7.60. The van der Waals surface area contributed by atoms with Gasteiger partial charge in [0.1, 0.15) is 24.2 Å². The lowest BCUT2D eigenvalue weighted by molar-refractivity contribution is -0.140. The Morgan fingerprint density at radius 2 is 1.51 bits per heavy atom. The van der Waals surface area contributed by atoms with Crippen LogP contribution in [0.3, 0.4) is 0 Å². The fourth-order valence-corrected chi connectivity index (χ4v) is 4.73. The molecule has 1 atom stereocenters. The van der Waals surface area contributed by atoms with Gasteiger partial charge in [0.15, 0.2) is 0 Å². The number of halogens is 2. The van der Waals surface area contributed by atoms with Crippen LogP contribution in [0.2, 0.25) is 0 Å². The van der Waals surface area contributed by atoms with Gasteiger partial charge >= 0.3 is 0 Å². The van der Waals surface area contributed by atoms with E-state index >= 15 is 0 Å². The second-order valence-electron chi connectivity index (χ2n) is 8.47. The summed E-state index contributed by atoms with van der Waals surface area (Å²) in [6.45, 7) is 1.23. The van der Waals surface area contributed by atoms with Crippen molar-refractivity contribution in [2.45, 2.75) is 25.9 Å². The van der Waals surface area contributed by atoms with Gasteiger partial charge in [0, 0.05) is 19.5 Å². The smallest absolute Gasteiger partial charge is 0.244 e. The monoisotopic (exact) mass is 529 g/mol. The van der Waals surface area contributed by atoms with E-state index in [9.17, 15) is 26.8 Å². The third-order valence-corrected chi connectivity index (χ3v) is 6.82. The number of carbonyl (C=O) groups is 2. The van der Waals surface area contributed by atoms with Crippen LogP contribution in [0.25, 0.3) is 0 Å². The number of rotatable bonds is 11. The summed E-state index contributed by atoms with van der Waals surface area (Å²) < 4.78 is 54.0. The van der Waals surface area contributed by atoms with Gasteiger partial charge in [0.25, 0.3) is 0 Å². The molecule has 0 spiro atoms. The minimum absolute atomic E-state index is 0.0946. The summed E-state index contributed by atoms with van der Waals surface area (Å²) in [6, 6.07) is 18.7. The summed E-state index contributed by atoms with van der Waals surface area (Å²) >= 11 is 0. The number of hydrogen-bond donors (Lipinski definition) is 1. The quantitative estimate of drug-likeness (QED) is 0.412. The first-order valence-corrected chi connectivity index (χ1v) is 13.5. The zero-order valence-corrected chi connectivity index (χ0v) is 21.4. The molecule has 0 radical (unpaired) electrons. The molecule has 0 fully saturated rings. The Labute approximate surface area is 215 Å². The molecule has 0 aliphatic carbocycles. The number of amides is 2. The first kappa shape index (κ1) is 27.8. The molecule has 0 aliphatic heterocycles. The zero-order chi connectivity index (χ0) is 27.0. The largest absolute Gasteiger partial charge is 0.355 e. The number of carbonyl (C=O) groups excluding carboxylic acids is 2. The van der Waals surface area contributed by atoms with Crippen LogP contribution < -0.4 is 9.62 Å². The van der Waals surface area contributed by atoms with Crippen LogP contribution in [-0.4, -0.2) is 50.5 Å². The second-order valence-corrected chi connectivity index (χ2v) is 10.4. The SMILES string of the molecule is CCNC(=O)C(Cc1ccccc1)N(Cc1ccc(F)cc1)C(=O)CN(c1ccccc1F)S(C)(=O)=O. The highest BCUT2D eigenvalue weighted by atomic mass is 32.2. The van der Waals surface area contributed by atoms with Crippen molar-refractivity contribution in [3.8, 4) is 0 Å². The molecular weight excluding hydrogens is 500 g/mol. The Bertz CT molecular complexity index is 1320. The van der Waals surface area contributed by atoms with Crippen molar-refractivity contribution in [3.05, 3.63) is 102 Å². The molecule has 3 rings (SSSR count). The van der Waals surface area contributed by atoms with Crippen molar-refractivity contribution in [2.75, 3.05) is 23.7 Å². The van der Waals surface area contributed by atoms with Crippen molar-refractivity contribution in [1.29, 1.82) is 0 Å². The van der Waals surface area contributed by atoms with Gasteiger partial charge in [-0.25, -0.2) is 17.2 Å². The van der Waals surface area contributed by atoms with E-state index in [0.717, 1.165) is 17.9 Å². The average molecular weight is 530 g/mol. The number of anilines is 1. The molecule has 0 heterocycles. The van der Waals surface area contributed by atoms with Gasteiger partial charge in [-0.3, -0.25) is 13.9 Å². The molecule has 3 aromatic carbocycles. The fraction of sp³-hybridized carbons (Fsp3) is 0.259. The number of hydrogen-bond acceptors (Lipinski definition) is 4. The molecule has 0 saturated heterocycles. The molecule has 7 nitrogen and oxygen atoms in total. The van der Waals surface area contributed by atoms with E-state index in [4.69, 9.17) is 0 Å². The van der Waals surface area contributed by atoms with Gasteiger partial charge in [-0.05, 0) is 42.3 Å². The number of likely N-dealkylation sites (N-methyl/N-ethyl adjacent to an activating group) is 1. The van der Waals surface area contributed by atoms with Gasteiger partial charge in [-0.2, -0.15) is 0 Å². The van der Waals surface area contributed by atoms with Gasteiger partial charge in [0.2, 0.25) is 21.8 Å². The van der Waals surface area contributed by atoms with E-state index < -0.39 is 46.1 Å². The summed E-state index contributed by atoms with van der Waals surface area (Å²) in [6.07, 6.45) is 1.03. The van der Waals surface area contributed by atoms with E-state index in [2.05, 4.69) is 5.32 Å². The van der Waals surface area contributed by atoms with E-state index in [0.29, 0.717) is 16.4 Å². The fourth-order valence-electron chi connectivity index (χ4n) is 3.88. The maximum absolute atomic E-state index is 14.6. The average Bonchev–Trinajstić information content (AvgIpc) is 2.86. The molecule has 0 saturated carbocycles. The lowest BCUT2D eigenvalue weighted by Crippen LogP contribution is -2.53. The van der Waals surface area contributed by atoms with Crippen molar-refractivity contribution < 1.29 is 26.8 Å². The molecule has 0 aromatic heterocycles. The molecule has 3 aromatic rings. The molecule has 0 bridgehead atoms. The standard InChI is InChI=1S/C27H29F2N3O4S/c1-3-30-27(34)25(17-20-9-5-4-6-10-20)31(18-21-13-15-22(28)16-14-21)26(33)19-32(37(2,35)36)24-12-8-7-11-23(24)29/h4-16,25H,3,17-19H2,1-2H3,(H,30,34). The van der Waals surface area contributed by atoms with Crippen LogP contribution in [0.15, 0.2) is 78.9 Å². The molecule has 2 amide bonds. The predicted octanol–water partition coefficient (Wildman–Crippen LogP) is 3.51. The van der Waals surface area contributed by atoms with E-state index in [1.165, 1.54) is 47.4 Å². The number of benzene rings is 3. The minimum Gasteiger partial charge on any atom is -0.355 e. The Balaban J connectivity index is 2.04. The highest BCUT2D eigenvalue weighted by molar-refractivity contribution is 7.92. The van der Waals surface area contributed by atoms with Crippen LogP contribution in [0, 0.1) is 11.6 Å². The Morgan fingerprint density at radius 3 is 2.11 bits per heavy atom. The minimum atomic E-state index is -4.07. The van der Waals surface area contributed by atoms with Crippen LogP contribution in [0.4, 0.5) is 14.5 Å². The van der Waals surface area contributed by atoms with Gasteiger partial charge in [-0.15, -0.1) is 0 Å². The lowest BCUT2D eigenvalue weighted by Gasteiger charge is -2.33. The van der Waals surface area contributed by atoms with Crippen LogP contribution >= 0.6 is 0 Å². The predicted molar refractivity (Wildman–Crippen MR) is 138 cm³/mol. The molecule has 10 heteroatoms. The zero-order valence-electron chi connectivity index (χ0n) is 20.6. The number of nitrogens with one attached hydrogen (secondary N) is 1. The topological polar surface area (TPSA) is 86.8 Å². The highest BCUT2D eigenvalue weighted by Crippen LogP contribution is 2.23. The summed E-state index contributed by atoms with van der Waals surface area (Å²) in [4.78, 5) is 28.2.